The highest BCUT2D eigenvalue weighted by Gasteiger charge is 2.31. The van der Waals surface area contributed by atoms with Crippen molar-refractivity contribution in [2.75, 3.05) is 5.73 Å². The summed E-state index contributed by atoms with van der Waals surface area (Å²) in [6.07, 6.45) is -4.38. The molecule has 0 bridgehead atoms. The average molecular weight is 311 g/mol. The lowest BCUT2D eigenvalue weighted by molar-refractivity contribution is -0.137. The zero-order chi connectivity index (χ0) is 15.2. The van der Waals surface area contributed by atoms with Gasteiger partial charge < -0.3 is 10.3 Å². The van der Waals surface area contributed by atoms with Crippen LogP contribution < -0.4 is 5.73 Å². The summed E-state index contributed by atoms with van der Waals surface area (Å²) in [7, 11) is 0. The highest BCUT2D eigenvalue weighted by atomic mass is 32.1. The molecule has 110 valence electrons. The normalized spacial score (nSPS) is 12.2. The van der Waals surface area contributed by atoms with E-state index in [-0.39, 0.29) is 11.5 Å². The van der Waals surface area contributed by atoms with Crippen LogP contribution >= 0.6 is 11.3 Å². The number of imidazole rings is 1. The van der Waals surface area contributed by atoms with Gasteiger partial charge in [-0.05, 0) is 42.1 Å². The second-order valence-electron chi connectivity index (χ2n) is 4.78. The molecule has 2 heterocycles. The van der Waals surface area contributed by atoms with Crippen molar-refractivity contribution in [2.24, 2.45) is 0 Å². The van der Waals surface area contributed by atoms with Crippen LogP contribution in [0.3, 0.4) is 0 Å². The van der Waals surface area contributed by atoms with E-state index in [2.05, 4.69) is 4.98 Å². The van der Waals surface area contributed by atoms with Crippen LogP contribution in [0, 0.1) is 6.92 Å². The largest absolute Gasteiger partial charge is 0.416 e. The molecule has 2 N–H and O–H groups in total. The lowest BCUT2D eigenvalue weighted by atomic mass is 10.2. The molecule has 3 aromatic rings. The number of halogens is 3. The number of benzene rings is 1. The number of fused-ring (bicyclic) bond motifs is 1. The standard InChI is InChI=1S/C14H12F3N3S/c1-8-4-5-21-12(8)7-20-11-3-2-9(14(15,16)17)6-10(11)19-13(20)18/h2-6H,7H2,1H3,(H2,18,19). The summed E-state index contributed by atoms with van der Waals surface area (Å²) in [5.74, 6) is 0.220. The SMILES string of the molecule is Cc1ccsc1Cn1c(N)nc2cc(C(F)(F)F)ccc21. The molecule has 0 spiro atoms. The third-order valence-corrected chi connectivity index (χ3v) is 4.38. The van der Waals surface area contributed by atoms with Crippen molar-refractivity contribution in [1.29, 1.82) is 0 Å². The average Bonchev–Trinajstić information content (AvgIpc) is 2.93. The van der Waals surface area contributed by atoms with Crippen molar-refractivity contribution in [3.8, 4) is 0 Å². The fourth-order valence-electron chi connectivity index (χ4n) is 2.20. The summed E-state index contributed by atoms with van der Waals surface area (Å²) >= 11 is 1.59. The third-order valence-electron chi connectivity index (χ3n) is 3.37. The van der Waals surface area contributed by atoms with Crippen molar-refractivity contribution in [2.45, 2.75) is 19.6 Å². The highest BCUT2D eigenvalue weighted by Crippen LogP contribution is 2.32. The molecule has 0 aliphatic heterocycles. The van der Waals surface area contributed by atoms with Crippen LogP contribution in [0.2, 0.25) is 0 Å². The first-order valence-corrected chi connectivity index (χ1v) is 7.10. The molecule has 7 heteroatoms. The van der Waals surface area contributed by atoms with Crippen molar-refractivity contribution >= 4 is 28.3 Å². The van der Waals surface area contributed by atoms with E-state index in [0.717, 1.165) is 22.6 Å². The fraction of sp³-hybridized carbons (Fsp3) is 0.214. The number of thiophene rings is 1. The van der Waals surface area contributed by atoms with E-state index in [4.69, 9.17) is 5.73 Å². The first kappa shape index (κ1) is 13.9. The van der Waals surface area contributed by atoms with Crippen LogP contribution in [0.4, 0.5) is 19.1 Å². The maximum absolute atomic E-state index is 12.7. The van der Waals surface area contributed by atoms with Gasteiger partial charge >= 0.3 is 6.18 Å². The first-order valence-electron chi connectivity index (χ1n) is 6.22. The number of aromatic nitrogens is 2. The molecule has 21 heavy (non-hydrogen) atoms. The molecule has 1 aromatic carbocycles. The number of nitrogen functional groups attached to an aromatic ring is 1. The summed E-state index contributed by atoms with van der Waals surface area (Å²) in [5.41, 5.74) is 7.14. The van der Waals surface area contributed by atoms with Gasteiger partial charge in [0, 0.05) is 4.88 Å². The van der Waals surface area contributed by atoms with E-state index in [1.807, 2.05) is 18.4 Å². The van der Waals surface area contributed by atoms with E-state index in [0.29, 0.717) is 12.1 Å². The molecular weight excluding hydrogens is 299 g/mol. The third kappa shape index (κ3) is 2.49. The predicted octanol–water partition coefficient (Wildman–Crippen LogP) is 4.06. The summed E-state index contributed by atoms with van der Waals surface area (Å²) in [6.45, 7) is 2.50. The molecule has 0 radical (unpaired) electrons. The minimum Gasteiger partial charge on any atom is -0.369 e. The Morgan fingerprint density at radius 2 is 2.05 bits per heavy atom. The lowest BCUT2D eigenvalue weighted by Crippen LogP contribution is -2.05. The van der Waals surface area contributed by atoms with Gasteiger partial charge in [0.25, 0.3) is 0 Å². The fourth-order valence-corrected chi connectivity index (χ4v) is 3.09. The number of hydrogen-bond acceptors (Lipinski definition) is 3. The quantitative estimate of drug-likeness (QED) is 0.776. The summed E-state index contributed by atoms with van der Waals surface area (Å²) < 4.78 is 39.9. The summed E-state index contributed by atoms with van der Waals surface area (Å²) in [4.78, 5) is 5.15. The maximum atomic E-state index is 12.7. The van der Waals surface area contributed by atoms with Crippen molar-refractivity contribution in [1.82, 2.24) is 9.55 Å². The molecule has 0 atom stereocenters. The summed E-state index contributed by atoms with van der Waals surface area (Å²) in [5, 5.41) is 1.97. The van der Waals surface area contributed by atoms with Crippen LogP contribution in [0.1, 0.15) is 16.0 Å². The van der Waals surface area contributed by atoms with E-state index in [1.54, 1.807) is 15.9 Å². The van der Waals surface area contributed by atoms with Gasteiger partial charge in [0.2, 0.25) is 5.95 Å². The number of rotatable bonds is 2. The molecule has 0 fully saturated rings. The van der Waals surface area contributed by atoms with Gasteiger partial charge in [0.15, 0.2) is 0 Å². The Bertz CT molecular complexity index is 801. The maximum Gasteiger partial charge on any atom is 0.416 e. The molecule has 3 rings (SSSR count). The van der Waals surface area contributed by atoms with Gasteiger partial charge in [-0.3, -0.25) is 0 Å². The van der Waals surface area contributed by atoms with Crippen LogP contribution in [-0.2, 0) is 12.7 Å². The Hall–Kier alpha value is -2.02. The number of anilines is 1. The van der Waals surface area contributed by atoms with Crippen molar-refractivity contribution in [3.63, 3.8) is 0 Å². The molecule has 0 unspecified atom stereocenters. The topological polar surface area (TPSA) is 43.8 Å². The molecule has 2 aromatic heterocycles. The number of nitrogens with two attached hydrogens (primary N) is 1. The Morgan fingerprint density at radius 3 is 2.67 bits per heavy atom. The molecule has 0 saturated heterocycles. The molecule has 0 amide bonds. The van der Waals surface area contributed by atoms with E-state index in [1.165, 1.54) is 6.07 Å². The molecule has 0 saturated carbocycles. The molecule has 0 aliphatic rings. The Labute approximate surface area is 122 Å². The van der Waals surface area contributed by atoms with Gasteiger partial charge in [-0.2, -0.15) is 13.2 Å². The van der Waals surface area contributed by atoms with E-state index >= 15 is 0 Å². The second-order valence-corrected chi connectivity index (χ2v) is 5.78. The number of aryl methyl sites for hydroxylation is 1. The Kier molecular flexibility index (Phi) is 3.16. The zero-order valence-electron chi connectivity index (χ0n) is 11.1. The smallest absolute Gasteiger partial charge is 0.369 e. The molecule has 3 nitrogen and oxygen atoms in total. The van der Waals surface area contributed by atoms with Crippen LogP contribution in [0.15, 0.2) is 29.6 Å². The predicted molar refractivity (Wildman–Crippen MR) is 77.3 cm³/mol. The number of nitrogens with zero attached hydrogens (tertiary/aromatic N) is 2. The zero-order valence-corrected chi connectivity index (χ0v) is 11.9. The van der Waals surface area contributed by atoms with Gasteiger partial charge in [0.05, 0.1) is 23.1 Å². The minimum atomic E-state index is -4.38. The van der Waals surface area contributed by atoms with Gasteiger partial charge in [-0.1, -0.05) is 0 Å². The van der Waals surface area contributed by atoms with Crippen molar-refractivity contribution < 1.29 is 13.2 Å². The van der Waals surface area contributed by atoms with Gasteiger partial charge in [0.1, 0.15) is 0 Å². The van der Waals surface area contributed by atoms with E-state index in [9.17, 15) is 13.2 Å². The van der Waals surface area contributed by atoms with Crippen molar-refractivity contribution in [3.05, 3.63) is 45.6 Å². The highest BCUT2D eigenvalue weighted by molar-refractivity contribution is 7.10. The van der Waals surface area contributed by atoms with Crippen LogP contribution in [-0.4, -0.2) is 9.55 Å². The Balaban J connectivity index is 2.08. The summed E-state index contributed by atoms with van der Waals surface area (Å²) in [6, 6.07) is 5.51. The van der Waals surface area contributed by atoms with Gasteiger partial charge in [-0.25, -0.2) is 4.98 Å². The monoisotopic (exact) mass is 311 g/mol. The first-order chi connectivity index (χ1) is 9.86. The van der Waals surface area contributed by atoms with E-state index < -0.39 is 11.7 Å². The number of alkyl halides is 3. The molecular formula is C14H12F3N3S. The van der Waals surface area contributed by atoms with Gasteiger partial charge in [-0.15, -0.1) is 11.3 Å². The molecule has 0 aliphatic carbocycles. The number of hydrogen-bond donors (Lipinski definition) is 1. The second kappa shape index (κ2) is 4.77. The van der Waals surface area contributed by atoms with Crippen LogP contribution in [0.25, 0.3) is 11.0 Å². The van der Waals surface area contributed by atoms with Crippen LogP contribution in [0.5, 0.6) is 0 Å². The lowest BCUT2D eigenvalue weighted by Gasteiger charge is -2.08. The Morgan fingerprint density at radius 1 is 1.29 bits per heavy atom. The minimum absolute atomic E-state index is 0.220.